The summed E-state index contributed by atoms with van der Waals surface area (Å²) in [4.78, 5) is 8.77. The maximum Gasteiger partial charge on any atom is 0.387 e. The van der Waals surface area contributed by atoms with Gasteiger partial charge < -0.3 is 19.9 Å². The third-order valence-electron chi connectivity index (χ3n) is 3.85. The summed E-state index contributed by atoms with van der Waals surface area (Å²) in [5, 5.41) is 10.7. The van der Waals surface area contributed by atoms with E-state index in [2.05, 4.69) is 30.5 Å². The molecule has 0 fully saturated rings. The molecular formula is C19H27ClF2IN5O2. The minimum atomic E-state index is -2.91. The van der Waals surface area contributed by atoms with Crippen molar-refractivity contribution in [1.29, 1.82) is 0 Å². The smallest absolute Gasteiger partial charge is 0.387 e. The van der Waals surface area contributed by atoms with Crippen molar-refractivity contribution in [1.82, 2.24) is 20.8 Å². The first-order valence-electron chi connectivity index (χ1n) is 9.47. The lowest BCUT2D eigenvalue weighted by Gasteiger charge is -2.13. The van der Waals surface area contributed by atoms with E-state index in [-0.39, 0.29) is 42.2 Å². The van der Waals surface area contributed by atoms with Crippen LogP contribution in [0.15, 0.2) is 27.7 Å². The summed E-state index contributed by atoms with van der Waals surface area (Å²) in [6.07, 6.45) is 1.41. The molecule has 0 aliphatic carbocycles. The summed E-state index contributed by atoms with van der Waals surface area (Å²) in [5.41, 5.74) is 0.474. The zero-order chi connectivity index (χ0) is 21.2. The maximum atomic E-state index is 12.6. The lowest BCUT2D eigenvalue weighted by Crippen LogP contribution is -2.37. The van der Waals surface area contributed by atoms with Crippen LogP contribution in [0.25, 0.3) is 0 Å². The number of hydrogen-bond acceptors (Lipinski definition) is 5. The quantitative estimate of drug-likeness (QED) is 0.190. The second-order valence-electron chi connectivity index (χ2n) is 6.56. The third kappa shape index (κ3) is 8.99. The molecule has 168 valence electrons. The van der Waals surface area contributed by atoms with Crippen molar-refractivity contribution in [3.63, 3.8) is 0 Å². The molecule has 1 aromatic heterocycles. The molecule has 0 unspecified atom stereocenters. The van der Waals surface area contributed by atoms with Gasteiger partial charge in [-0.1, -0.05) is 30.6 Å². The Morgan fingerprint density at radius 1 is 1.30 bits per heavy atom. The summed E-state index contributed by atoms with van der Waals surface area (Å²) < 4.78 is 34.9. The standard InChI is InChI=1S/C19H26ClF2N5O2.HI/c1-4-23-19(24-9-5-6-16-26-17(12(2)3)27-29-16)25-11-13-10-14(20)7-8-15(13)28-18(21)22;/h7-8,10,12,18H,4-6,9,11H2,1-3H3,(H2,23,24,25);1H. The van der Waals surface area contributed by atoms with Crippen LogP contribution >= 0.6 is 35.6 Å². The fraction of sp³-hybridized carbons (Fsp3) is 0.526. The van der Waals surface area contributed by atoms with E-state index in [1.54, 1.807) is 6.07 Å². The van der Waals surface area contributed by atoms with Crippen LogP contribution in [0.3, 0.4) is 0 Å². The van der Waals surface area contributed by atoms with Gasteiger partial charge in [0, 0.05) is 36.0 Å². The molecule has 2 aromatic rings. The average Bonchev–Trinajstić information content (AvgIpc) is 3.14. The highest BCUT2D eigenvalue weighted by atomic mass is 127. The number of aromatic nitrogens is 2. The topological polar surface area (TPSA) is 84.6 Å². The second-order valence-corrected chi connectivity index (χ2v) is 6.99. The number of halogens is 4. The van der Waals surface area contributed by atoms with Crippen LogP contribution in [-0.2, 0) is 13.0 Å². The molecule has 2 N–H and O–H groups in total. The summed E-state index contributed by atoms with van der Waals surface area (Å²) in [6, 6.07) is 4.47. The van der Waals surface area contributed by atoms with Gasteiger partial charge in [0.2, 0.25) is 5.89 Å². The van der Waals surface area contributed by atoms with E-state index in [0.717, 1.165) is 6.42 Å². The summed E-state index contributed by atoms with van der Waals surface area (Å²) >= 11 is 5.97. The fourth-order valence-corrected chi connectivity index (χ4v) is 2.63. The van der Waals surface area contributed by atoms with Crippen molar-refractivity contribution in [3.8, 4) is 5.75 Å². The molecule has 7 nitrogen and oxygen atoms in total. The number of ether oxygens (including phenoxy) is 1. The van der Waals surface area contributed by atoms with Crippen LogP contribution in [0.5, 0.6) is 5.75 Å². The molecule has 30 heavy (non-hydrogen) atoms. The van der Waals surface area contributed by atoms with E-state index in [0.29, 0.717) is 47.8 Å². The molecule has 1 heterocycles. The number of nitrogens with one attached hydrogen (secondary N) is 2. The molecule has 0 radical (unpaired) electrons. The molecule has 0 atom stereocenters. The summed E-state index contributed by atoms with van der Waals surface area (Å²) in [6.45, 7) is 4.46. The van der Waals surface area contributed by atoms with E-state index < -0.39 is 6.61 Å². The third-order valence-corrected chi connectivity index (χ3v) is 4.09. The van der Waals surface area contributed by atoms with Crippen LogP contribution in [0.2, 0.25) is 5.02 Å². The average molecular weight is 558 g/mol. The van der Waals surface area contributed by atoms with Gasteiger partial charge >= 0.3 is 6.61 Å². The van der Waals surface area contributed by atoms with Crippen LogP contribution in [0.1, 0.15) is 50.4 Å². The molecule has 0 aliphatic heterocycles. The highest BCUT2D eigenvalue weighted by Crippen LogP contribution is 2.25. The molecular weight excluding hydrogens is 531 g/mol. The van der Waals surface area contributed by atoms with Gasteiger partial charge in [0.1, 0.15) is 5.75 Å². The van der Waals surface area contributed by atoms with Crippen molar-refractivity contribution in [2.45, 2.75) is 52.7 Å². The van der Waals surface area contributed by atoms with Crippen molar-refractivity contribution in [2.75, 3.05) is 13.1 Å². The van der Waals surface area contributed by atoms with Gasteiger partial charge in [0.15, 0.2) is 11.8 Å². The first-order chi connectivity index (χ1) is 13.9. The summed E-state index contributed by atoms with van der Waals surface area (Å²) in [5.74, 6) is 2.14. The highest BCUT2D eigenvalue weighted by molar-refractivity contribution is 14.0. The van der Waals surface area contributed by atoms with Crippen LogP contribution in [-0.4, -0.2) is 35.8 Å². The molecule has 11 heteroatoms. The monoisotopic (exact) mass is 557 g/mol. The number of aryl methyl sites for hydroxylation is 1. The number of aliphatic imine (C=N–C) groups is 1. The first-order valence-corrected chi connectivity index (χ1v) is 9.84. The minimum Gasteiger partial charge on any atom is -0.434 e. The Morgan fingerprint density at radius 3 is 2.70 bits per heavy atom. The van der Waals surface area contributed by atoms with Crippen LogP contribution in [0, 0.1) is 0 Å². The molecule has 0 amide bonds. The number of benzene rings is 1. The lowest BCUT2D eigenvalue weighted by atomic mass is 10.2. The normalized spacial score (nSPS) is 11.5. The highest BCUT2D eigenvalue weighted by Gasteiger charge is 2.11. The molecule has 0 aliphatic rings. The van der Waals surface area contributed by atoms with Crippen LogP contribution < -0.4 is 15.4 Å². The Balaban J connectivity index is 0.00000450. The van der Waals surface area contributed by atoms with Crippen LogP contribution in [0.4, 0.5) is 8.78 Å². The number of hydrogen-bond donors (Lipinski definition) is 2. The number of alkyl halides is 2. The molecule has 0 saturated heterocycles. The van der Waals surface area contributed by atoms with Crippen molar-refractivity contribution in [2.24, 2.45) is 4.99 Å². The zero-order valence-corrected chi connectivity index (χ0v) is 20.2. The SMILES string of the molecule is CCNC(=NCc1cc(Cl)ccc1OC(F)F)NCCCc1nc(C(C)C)no1.I. The van der Waals surface area contributed by atoms with Gasteiger partial charge in [-0.3, -0.25) is 0 Å². The Labute approximate surface area is 197 Å². The second kappa shape index (κ2) is 13.6. The lowest BCUT2D eigenvalue weighted by molar-refractivity contribution is -0.0504. The van der Waals surface area contributed by atoms with Gasteiger partial charge in [-0.25, -0.2) is 4.99 Å². The van der Waals surface area contributed by atoms with Crippen molar-refractivity contribution < 1.29 is 18.0 Å². The summed E-state index contributed by atoms with van der Waals surface area (Å²) in [7, 11) is 0. The minimum absolute atomic E-state index is 0. The predicted octanol–water partition coefficient (Wildman–Crippen LogP) is 4.75. The van der Waals surface area contributed by atoms with Gasteiger partial charge in [-0.05, 0) is 31.5 Å². The molecule has 0 bridgehead atoms. The number of guanidine groups is 1. The van der Waals surface area contributed by atoms with Crippen molar-refractivity contribution >= 4 is 41.5 Å². The van der Waals surface area contributed by atoms with Crippen molar-refractivity contribution in [3.05, 3.63) is 40.5 Å². The van der Waals surface area contributed by atoms with Gasteiger partial charge in [0.25, 0.3) is 0 Å². The van der Waals surface area contributed by atoms with E-state index in [1.165, 1.54) is 12.1 Å². The van der Waals surface area contributed by atoms with E-state index >= 15 is 0 Å². The Morgan fingerprint density at radius 2 is 2.07 bits per heavy atom. The molecule has 0 saturated carbocycles. The van der Waals surface area contributed by atoms with Gasteiger partial charge in [-0.2, -0.15) is 13.8 Å². The van der Waals surface area contributed by atoms with E-state index in [9.17, 15) is 8.78 Å². The number of rotatable bonds is 10. The molecule has 2 rings (SSSR count). The van der Waals surface area contributed by atoms with Gasteiger partial charge in [0.05, 0.1) is 6.54 Å². The van der Waals surface area contributed by atoms with E-state index in [1.807, 2.05) is 20.8 Å². The van der Waals surface area contributed by atoms with E-state index in [4.69, 9.17) is 16.1 Å². The Kier molecular flexibility index (Phi) is 11.9. The Hall–Kier alpha value is -1.69. The molecule has 1 aromatic carbocycles. The molecule has 0 spiro atoms. The predicted molar refractivity (Wildman–Crippen MR) is 123 cm³/mol. The maximum absolute atomic E-state index is 12.6. The van der Waals surface area contributed by atoms with Gasteiger partial charge in [-0.15, -0.1) is 24.0 Å². The first kappa shape index (κ1) is 26.3. The Bertz CT molecular complexity index is 805. The zero-order valence-electron chi connectivity index (χ0n) is 17.1. The number of nitrogens with zero attached hydrogens (tertiary/aromatic N) is 3. The fourth-order valence-electron chi connectivity index (χ4n) is 2.44. The largest absolute Gasteiger partial charge is 0.434 e.